The Morgan fingerprint density at radius 3 is 2.71 bits per heavy atom. The fourth-order valence-electron chi connectivity index (χ4n) is 4.41. The number of rotatable bonds is 8. The van der Waals surface area contributed by atoms with Crippen LogP contribution in [0.3, 0.4) is 0 Å². The molecule has 2 atom stereocenters. The van der Waals surface area contributed by atoms with E-state index in [9.17, 15) is 4.39 Å². The Hall–Kier alpha value is -1.30. The van der Waals surface area contributed by atoms with Crippen LogP contribution in [0.1, 0.15) is 56.7 Å². The van der Waals surface area contributed by atoms with Crippen molar-refractivity contribution >= 4 is 11.3 Å². The molecule has 0 radical (unpaired) electrons. The summed E-state index contributed by atoms with van der Waals surface area (Å²) in [5, 5.41) is -0.0945. The third kappa shape index (κ3) is 4.47. The molecule has 2 aromatic rings. The van der Waals surface area contributed by atoms with Crippen LogP contribution in [0, 0.1) is 17.5 Å². The number of pyridine rings is 1. The molecule has 3 heterocycles. The molecule has 0 aliphatic carbocycles. The number of likely N-dealkylation sites (tertiary alicyclic amines) is 1. The standard InChI is InChI=1S/C23H33FN2OS/c1-6-27-18(3)23(12-11-20-9-10-21(24)28-20)13-14-26(16-23)22(4,5)19-8-7-17(2)25-15-19/h7-10,15,18H,6,11-14,16H2,1-5H3/t18-,23+/m0/s1. The third-order valence-electron chi connectivity index (χ3n) is 6.57. The second-order valence-electron chi connectivity index (χ2n) is 8.58. The van der Waals surface area contributed by atoms with Crippen LogP contribution >= 0.6 is 11.3 Å². The van der Waals surface area contributed by atoms with Gasteiger partial charge in [0.1, 0.15) is 0 Å². The molecule has 0 amide bonds. The smallest absolute Gasteiger partial charge is 0.176 e. The van der Waals surface area contributed by atoms with E-state index < -0.39 is 0 Å². The molecule has 154 valence electrons. The van der Waals surface area contributed by atoms with Crippen LogP contribution in [0.4, 0.5) is 4.39 Å². The van der Waals surface area contributed by atoms with Crippen LogP contribution in [0.25, 0.3) is 0 Å². The van der Waals surface area contributed by atoms with Gasteiger partial charge in [-0.05, 0) is 84.2 Å². The van der Waals surface area contributed by atoms with Gasteiger partial charge >= 0.3 is 0 Å². The Bertz CT molecular complexity index is 773. The summed E-state index contributed by atoms with van der Waals surface area (Å²) in [5.41, 5.74) is 2.30. The number of nitrogens with zero attached hydrogens (tertiary/aromatic N) is 2. The van der Waals surface area contributed by atoms with Crippen molar-refractivity contribution in [1.29, 1.82) is 0 Å². The number of hydrogen-bond donors (Lipinski definition) is 0. The molecule has 1 fully saturated rings. The van der Waals surface area contributed by atoms with Gasteiger partial charge in [-0.25, -0.2) is 0 Å². The monoisotopic (exact) mass is 404 g/mol. The summed E-state index contributed by atoms with van der Waals surface area (Å²) in [5.74, 6) is 0. The topological polar surface area (TPSA) is 25.4 Å². The molecule has 0 saturated carbocycles. The van der Waals surface area contributed by atoms with E-state index >= 15 is 0 Å². The Balaban J connectivity index is 1.78. The normalized spacial score (nSPS) is 21.9. The van der Waals surface area contributed by atoms with Crippen LogP contribution in [-0.2, 0) is 16.7 Å². The summed E-state index contributed by atoms with van der Waals surface area (Å²) < 4.78 is 19.5. The molecule has 5 heteroatoms. The van der Waals surface area contributed by atoms with E-state index in [0.717, 1.165) is 49.5 Å². The largest absolute Gasteiger partial charge is 0.378 e. The Labute approximate surface area is 172 Å². The van der Waals surface area contributed by atoms with Crippen molar-refractivity contribution in [3.63, 3.8) is 0 Å². The van der Waals surface area contributed by atoms with E-state index in [2.05, 4.69) is 49.7 Å². The Morgan fingerprint density at radius 2 is 2.11 bits per heavy atom. The van der Waals surface area contributed by atoms with Crippen molar-refractivity contribution in [1.82, 2.24) is 9.88 Å². The lowest BCUT2D eigenvalue weighted by Gasteiger charge is -2.40. The number of hydrogen-bond acceptors (Lipinski definition) is 4. The molecule has 0 bridgehead atoms. The lowest BCUT2D eigenvalue weighted by Crippen LogP contribution is -2.44. The SMILES string of the molecule is CCO[C@@H](C)[C@]1(CCc2ccc(F)s2)CCN(C(C)(C)c2ccc(C)nc2)C1. The van der Waals surface area contributed by atoms with E-state index in [1.54, 1.807) is 6.07 Å². The number of aromatic nitrogens is 1. The van der Waals surface area contributed by atoms with E-state index in [4.69, 9.17) is 4.74 Å². The van der Waals surface area contributed by atoms with Crippen molar-refractivity contribution in [3.05, 3.63) is 51.7 Å². The molecule has 0 aromatic carbocycles. The van der Waals surface area contributed by atoms with Crippen molar-refractivity contribution in [2.24, 2.45) is 5.41 Å². The first kappa shape index (κ1) is 21.4. The van der Waals surface area contributed by atoms with Crippen molar-refractivity contribution < 1.29 is 9.13 Å². The second kappa shape index (κ2) is 8.60. The molecular weight excluding hydrogens is 371 g/mol. The van der Waals surface area contributed by atoms with Crippen molar-refractivity contribution in [2.75, 3.05) is 19.7 Å². The van der Waals surface area contributed by atoms with Gasteiger partial charge in [0.15, 0.2) is 5.13 Å². The van der Waals surface area contributed by atoms with E-state index in [1.165, 1.54) is 16.9 Å². The van der Waals surface area contributed by atoms with Gasteiger partial charge in [0.2, 0.25) is 0 Å². The molecule has 1 saturated heterocycles. The summed E-state index contributed by atoms with van der Waals surface area (Å²) in [7, 11) is 0. The van der Waals surface area contributed by atoms with Gasteiger partial charge in [0.25, 0.3) is 0 Å². The molecule has 3 nitrogen and oxygen atoms in total. The molecule has 3 rings (SSSR count). The minimum absolute atomic E-state index is 0.0799. The number of ether oxygens (including phenoxy) is 1. The molecule has 0 spiro atoms. The van der Waals surface area contributed by atoms with Gasteiger partial charge in [0, 0.05) is 40.9 Å². The number of thiophene rings is 1. The molecular formula is C23H33FN2OS. The summed E-state index contributed by atoms with van der Waals surface area (Å²) in [6.07, 6.45) is 5.22. The highest BCUT2D eigenvalue weighted by atomic mass is 32.1. The predicted octanol–water partition coefficient (Wildman–Crippen LogP) is 5.58. The van der Waals surface area contributed by atoms with Crippen LogP contribution < -0.4 is 0 Å². The second-order valence-corrected chi connectivity index (χ2v) is 9.70. The first-order chi connectivity index (χ1) is 13.3. The molecule has 1 aliphatic heterocycles. The highest BCUT2D eigenvalue weighted by molar-refractivity contribution is 7.10. The summed E-state index contributed by atoms with van der Waals surface area (Å²) in [4.78, 5) is 8.21. The Kier molecular flexibility index (Phi) is 6.58. The summed E-state index contributed by atoms with van der Waals surface area (Å²) >= 11 is 1.27. The van der Waals surface area contributed by atoms with E-state index in [0.29, 0.717) is 0 Å². The summed E-state index contributed by atoms with van der Waals surface area (Å²) in [6, 6.07) is 7.79. The fourth-order valence-corrected chi connectivity index (χ4v) is 5.14. The molecule has 0 unspecified atom stereocenters. The maximum Gasteiger partial charge on any atom is 0.176 e. The van der Waals surface area contributed by atoms with Crippen LogP contribution in [0.5, 0.6) is 0 Å². The van der Waals surface area contributed by atoms with Gasteiger partial charge < -0.3 is 4.74 Å². The zero-order valence-electron chi connectivity index (χ0n) is 17.8. The fraction of sp³-hybridized carbons (Fsp3) is 0.609. The summed E-state index contributed by atoms with van der Waals surface area (Å²) in [6.45, 7) is 13.6. The van der Waals surface area contributed by atoms with Crippen LogP contribution in [0.2, 0.25) is 0 Å². The lowest BCUT2D eigenvalue weighted by atomic mass is 9.77. The quantitative estimate of drug-likeness (QED) is 0.575. The van der Waals surface area contributed by atoms with E-state index in [-0.39, 0.29) is 22.2 Å². The maximum atomic E-state index is 13.4. The Morgan fingerprint density at radius 1 is 1.32 bits per heavy atom. The van der Waals surface area contributed by atoms with Crippen molar-refractivity contribution in [2.45, 2.75) is 65.5 Å². The van der Waals surface area contributed by atoms with Gasteiger partial charge in [-0.2, -0.15) is 4.39 Å². The molecule has 0 N–H and O–H groups in total. The van der Waals surface area contributed by atoms with Gasteiger partial charge in [-0.1, -0.05) is 6.07 Å². The van der Waals surface area contributed by atoms with Crippen LogP contribution in [0.15, 0.2) is 30.5 Å². The molecule has 2 aromatic heterocycles. The van der Waals surface area contributed by atoms with Gasteiger partial charge in [0.05, 0.1) is 6.10 Å². The van der Waals surface area contributed by atoms with Gasteiger partial charge in [-0.15, -0.1) is 11.3 Å². The average Bonchev–Trinajstić information content (AvgIpc) is 3.28. The zero-order valence-corrected chi connectivity index (χ0v) is 18.6. The van der Waals surface area contributed by atoms with Gasteiger partial charge in [-0.3, -0.25) is 9.88 Å². The van der Waals surface area contributed by atoms with Crippen LogP contribution in [-0.4, -0.2) is 35.7 Å². The predicted molar refractivity (Wildman–Crippen MR) is 114 cm³/mol. The number of aryl methyl sites for hydroxylation is 2. The average molecular weight is 405 g/mol. The highest BCUT2D eigenvalue weighted by Crippen LogP contribution is 2.44. The van der Waals surface area contributed by atoms with E-state index in [1.807, 2.05) is 19.2 Å². The molecule has 28 heavy (non-hydrogen) atoms. The minimum atomic E-state index is -0.0945. The first-order valence-electron chi connectivity index (χ1n) is 10.3. The third-order valence-corrected chi connectivity index (χ3v) is 7.50. The minimum Gasteiger partial charge on any atom is -0.378 e. The lowest BCUT2D eigenvalue weighted by molar-refractivity contribution is -0.0291. The maximum absolute atomic E-state index is 13.4. The highest BCUT2D eigenvalue weighted by Gasteiger charge is 2.46. The molecule has 1 aliphatic rings. The first-order valence-corrected chi connectivity index (χ1v) is 11.1. The zero-order chi connectivity index (χ0) is 20.4. The van der Waals surface area contributed by atoms with Crippen molar-refractivity contribution in [3.8, 4) is 0 Å². The number of halogens is 1.